The second kappa shape index (κ2) is 7.65. The highest BCUT2D eigenvalue weighted by Gasteiger charge is 2.32. The molecular formula is C18H31N3O2. The van der Waals surface area contributed by atoms with Crippen molar-refractivity contribution in [2.75, 3.05) is 39.3 Å². The zero-order chi connectivity index (χ0) is 16.2. The lowest BCUT2D eigenvalue weighted by Gasteiger charge is -2.42. The first kappa shape index (κ1) is 16.7. The zero-order valence-electron chi connectivity index (χ0n) is 14.5. The van der Waals surface area contributed by atoms with Crippen LogP contribution in [0, 0.1) is 5.92 Å². The monoisotopic (exact) mass is 321 g/mol. The number of carbonyl (C=O) groups excluding carboxylic acids is 2. The molecule has 3 aliphatic heterocycles. The average molecular weight is 321 g/mol. The molecule has 5 nitrogen and oxygen atoms in total. The molecule has 0 aromatic carbocycles. The molecule has 0 bridgehead atoms. The Kier molecular flexibility index (Phi) is 5.57. The van der Waals surface area contributed by atoms with Crippen LogP contribution in [-0.4, -0.2) is 71.8 Å². The molecule has 0 radical (unpaired) electrons. The number of likely N-dealkylation sites (tertiary alicyclic amines) is 3. The molecule has 5 heteroatoms. The molecule has 0 saturated carbocycles. The summed E-state index contributed by atoms with van der Waals surface area (Å²) in [6.45, 7) is 7.51. The lowest BCUT2D eigenvalue weighted by atomic mass is 9.92. The van der Waals surface area contributed by atoms with Gasteiger partial charge >= 0.3 is 0 Å². The van der Waals surface area contributed by atoms with Crippen LogP contribution in [0.15, 0.2) is 0 Å². The van der Waals surface area contributed by atoms with E-state index >= 15 is 0 Å². The molecule has 3 fully saturated rings. The summed E-state index contributed by atoms with van der Waals surface area (Å²) in [5.74, 6) is 0.867. The second-order valence-electron chi connectivity index (χ2n) is 7.43. The molecule has 130 valence electrons. The van der Waals surface area contributed by atoms with Gasteiger partial charge in [-0.25, -0.2) is 0 Å². The predicted octanol–water partition coefficient (Wildman–Crippen LogP) is 1.72. The third kappa shape index (κ3) is 4.06. The molecule has 0 unspecified atom stereocenters. The van der Waals surface area contributed by atoms with E-state index in [0.29, 0.717) is 11.9 Å². The first-order chi connectivity index (χ1) is 11.1. The topological polar surface area (TPSA) is 43.9 Å². The van der Waals surface area contributed by atoms with Crippen molar-refractivity contribution in [2.24, 2.45) is 5.92 Å². The Balaban J connectivity index is 1.43. The van der Waals surface area contributed by atoms with Crippen LogP contribution in [0.2, 0.25) is 0 Å². The van der Waals surface area contributed by atoms with E-state index in [2.05, 4.69) is 9.80 Å². The highest BCUT2D eigenvalue weighted by molar-refractivity contribution is 5.79. The van der Waals surface area contributed by atoms with Crippen molar-refractivity contribution < 1.29 is 9.59 Å². The molecule has 3 saturated heterocycles. The van der Waals surface area contributed by atoms with Crippen LogP contribution in [0.4, 0.5) is 0 Å². The maximum atomic E-state index is 12.6. The summed E-state index contributed by atoms with van der Waals surface area (Å²) in [5.41, 5.74) is 0. The highest BCUT2D eigenvalue weighted by Crippen LogP contribution is 2.26. The molecule has 0 spiro atoms. The largest absolute Gasteiger partial charge is 0.343 e. The van der Waals surface area contributed by atoms with Crippen molar-refractivity contribution in [1.29, 1.82) is 0 Å². The Labute approximate surface area is 140 Å². The van der Waals surface area contributed by atoms with Crippen LogP contribution >= 0.6 is 0 Å². The van der Waals surface area contributed by atoms with Crippen molar-refractivity contribution >= 4 is 11.8 Å². The van der Waals surface area contributed by atoms with Gasteiger partial charge in [-0.2, -0.15) is 0 Å². The quantitative estimate of drug-likeness (QED) is 0.778. The molecule has 3 rings (SSSR count). The van der Waals surface area contributed by atoms with Crippen LogP contribution in [-0.2, 0) is 9.59 Å². The standard InChI is InChI=1S/C18H31N3O2/c1-15(22)19-13-7-17(8-14-19)20-11-5-16(6-12-20)18(23)21-9-3-2-4-10-21/h16-17H,2-14H2,1H3. The molecule has 0 aromatic heterocycles. The van der Waals surface area contributed by atoms with Gasteiger partial charge in [-0.3, -0.25) is 9.59 Å². The molecule has 0 atom stereocenters. The van der Waals surface area contributed by atoms with Gasteiger partial charge in [-0.1, -0.05) is 0 Å². The number of amides is 2. The Bertz CT molecular complexity index is 418. The van der Waals surface area contributed by atoms with E-state index in [-0.39, 0.29) is 11.8 Å². The summed E-state index contributed by atoms with van der Waals surface area (Å²) in [6, 6.07) is 0.608. The van der Waals surface area contributed by atoms with Crippen molar-refractivity contribution in [1.82, 2.24) is 14.7 Å². The SMILES string of the molecule is CC(=O)N1CCC(N2CCC(C(=O)N3CCCCC3)CC2)CC1. The van der Waals surface area contributed by atoms with Crippen molar-refractivity contribution in [3.05, 3.63) is 0 Å². The minimum atomic E-state index is 0.203. The van der Waals surface area contributed by atoms with Crippen LogP contribution in [0.3, 0.4) is 0 Å². The summed E-state index contributed by atoms with van der Waals surface area (Å²) < 4.78 is 0. The predicted molar refractivity (Wildman–Crippen MR) is 90.0 cm³/mol. The van der Waals surface area contributed by atoms with Crippen molar-refractivity contribution in [3.8, 4) is 0 Å². The number of hydrogen-bond acceptors (Lipinski definition) is 3. The highest BCUT2D eigenvalue weighted by atomic mass is 16.2. The van der Waals surface area contributed by atoms with Gasteiger partial charge in [-0.05, 0) is 58.0 Å². The lowest BCUT2D eigenvalue weighted by molar-refractivity contribution is -0.138. The average Bonchev–Trinajstić information content (AvgIpc) is 2.62. The van der Waals surface area contributed by atoms with Gasteiger partial charge in [0.15, 0.2) is 0 Å². The van der Waals surface area contributed by atoms with E-state index in [0.717, 1.165) is 65.0 Å². The van der Waals surface area contributed by atoms with Crippen LogP contribution in [0.25, 0.3) is 0 Å². The smallest absolute Gasteiger partial charge is 0.225 e. The summed E-state index contributed by atoms with van der Waals surface area (Å²) in [5, 5.41) is 0. The lowest BCUT2D eigenvalue weighted by Crippen LogP contribution is -2.50. The fourth-order valence-corrected chi connectivity index (χ4v) is 4.43. The van der Waals surface area contributed by atoms with E-state index in [1.165, 1.54) is 19.3 Å². The number of piperidine rings is 3. The maximum Gasteiger partial charge on any atom is 0.225 e. The van der Waals surface area contributed by atoms with Gasteiger partial charge < -0.3 is 14.7 Å². The summed E-state index contributed by atoms with van der Waals surface area (Å²) >= 11 is 0. The van der Waals surface area contributed by atoms with E-state index < -0.39 is 0 Å². The fourth-order valence-electron chi connectivity index (χ4n) is 4.43. The number of nitrogens with zero attached hydrogens (tertiary/aromatic N) is 3. The third-order valence-electron chi connectivity index (χ3n) is 5.97. The molecule has 3 heterocycles. The maximum absolute atomic E-state index is 12.6. The first-order valence-corrected chi connectivity index (χ1v) is 9.43. The number of carbonyl (C=O) groups is 2. The number of hydrogen-bond donors (Lipinski definition) is 0. The van der Waals surface area contributed by atoms with E-state index in [9.17, 15) is 9.59 Å². The Morgan fingerprint density at radius 1 is 0.739 bits per heavy atom. The molecule has 0 aromatic rings. The van der Waals surface area contributed by atoms with Gasteiger partial charge in [0.1, 0.15) is 0 Å². The summed E-state index contributed by atoms with van der Waals surface area (Å²) in [4.78, 5) is 30.7. The molecular weight excluding hydrogens is 290 g/mol. The van der Waals surface area contributed by atoms with Gasteiger partial charge in [0, 0.05) is 45.1 Å². The number of rotatable bonds is 2. The first-order valence-electron chi connectivity index (χ1n) is 9.43. The second-order valence-corrected chi connectivity index (χ2v) is 7.43. The van der Waals surface area contributed by atoms with E-state index in [1.807, 2.05) is 4.90 Å². The molecule has 3 aliphatic rings. The van der Waals surface area contributed by atoms with Crippen LogP contribution in [0.1, 0.15) is 51.9 Å². The van der Waals surface area contributed by atoms with E-state index in [4.69, 9.17) is 0 Å². The van der Waals surface area contributed by atoms with Crippen LogP contribution < -0.4 is 0 Å². The zero-order valence-corrected chi connectivity index (χ0v) is 14.5. The molecule has 0 aliphatic carbocycles. The van der Waals surface area contributed by atoms with Gasteiger partial charge in [-0.15, -0.1) is 0 Å². The van der Waals surface area contributed by atoms with Crippen molar-refractivity contribution in [2.45, 2.75) is 57.9 Å². The molecule has 2 amide bonds. The van der Waals surface area contributed by atoms with Gasteiger partial charge in [0.2, 0.25) is 11.8 Å². The van der Waals surface area contributed by atoms with Crippen molar-refractivity contribution in [3.63, 3.8) is 0 Å². The van der Waals surface area contributed by atoms with E-state index in [1.54, 1.807) is 6.92 Å². The Morgan fingerprint density at radius 2 is 1.35 bits per heavy atom. The normalized spacial score (nSPS) is 25.6. The minimum Gasteiger partial charge on any atom is -0.343 e. The third-order valence-corrected chi connectivity index (χ3v) is 5.97. The summed E-state index contributed by atoms with van der Waals surface area (Å²) in [6.07, 6.45) is 7.85. The van der Waals surface area contributed by atoms with Gasteiger partial charge in [0.25, 0.3) is 0 Å². The molecule has 0 N–H and O–H groups in total. The Morgan fingerprint density at radius 3 is 1.91 bits per heavy atom. The van der Waals surface area contributed by atoms with Crippen LogP contribution in [0.5, 0.6) is 0 Å². The minimum absolute atomic E-state index is 0.203. The summed E-state index contributed by atoms with van der Waals surface area (Å²) in [7, 11) is 0. The Hall–Kier alpha value is -1.10. The fraction of sp³-hybridized carbons (Fsp3) is 0.889. The van der Waals surface area contributed by atoms with Gasteiger partial charge in [0.05, 0.1) is 0 Å². The molecule has 23 heavy (non-hydrogen) atoms.